The molecule has 0 saturated carbocycles. The molecule has 0 spiro atoms. The number of hydrogen-bond acceptors (Lipinski definition) is 6. The van der Waals surface area contributed by atoms with Crippen molar-refractivity contribution in [3.05, 3.63) is 66.7 Å². The second-order valence-electron chi connectivity index (χ2n) is 6.78. The molecule has 1 unspecified atom stereocenters. The summed E-state index contributed by atoms with van der Waals surface area (Å²) in [6.07, 6.45) is 3.60. The van der Waals surface area contributed by atoms with Gasteiger partial charge in [0, 0.05) is 43.0 Å². The van der Waals surface area contributed by atoms with E-state index in [0.29, 0.717) is 43.3 Å². The maximum atomic E-state index is 13.3. The van der Waals surface area contributed by atoms with E-state index in [1.165, 1.54) is 22.6 Å². The van der Waals surface area contributed by atoms with E-state index in [4.69, 9.17) is 4.74 Å². The number of halogens is 1. The smallest absolute Gasteiger partial charge is 0.244 e. The normalized spacial score (nSPS) is 17.3. The SMILES string of the molecule is O=S(=O)(c1cccnc1)N1CCC(COc2ccc(-c3cccc(F)c3)nn2)C1. The monoisotopic (exact) mass is 414 g/mol. The zero-order valence-electron chi connectivity index (χ0n) is 15.5. The van der Waals surface area contributed by atoms with E-state index in [9.17, 15) is 12.8 Å². The molecule has 150 valence electrons. The molecule has 3 heterocycles. The highest BCUT2D eigenvalue weighted by molar-refractivity contribution is 7.89. The van der Waals surface area contributed by atoms with Crippen molar-refractivity contribution in [2.45, 2.75) is 11.3 Å². The molecule has 9 heteroatoms. The van der Waals surface area contributed by atoms with E-state index in [1.807, 2.05) is 0 Å². The minimum absolute atomic E-state index is 0.0612. The van der Waals surface area contributed by atoms with Gasteiger partial charge in [-0.05, 0) is 36.8 Å². The van der Waals surface area contributed by atoms with Gasteiger partial charge in [0.15, 0.2) is 0 Å². The second kappa shape index (κ2) is 8.22. The van der Waals surface area contributed by atoms with E-state index >= 15 is 0 Å². The van der Waals surface area contributed by atoms with Crippen LogP contribution in [0.1, 0.15) is 6.42 Å². The van der Waals surface area contributed by atoms with Crippen molar-refractivity contribution in [2.75, 3.05) is 19.7 Å². The van der Waals surface area contributed by atoms with Gasteiger partial charge in [0.25, 0.3) is 0 Å². The summed E-state index contributed by atoms with van der Waals surface area (Å²) in [7, 11) is -3.54. The highest BCUT2D eigenvalue weighted by Gasteiger charge is 2.33. The minimum Gasteiger partial charge on any atom is -0.476 e. The van der Waals surface area contributed by atoms with Crippen LogP contribution in [0.2, 0.25) is 0 Å². The van der Waals surface area contributed by atoms with Gasteiger partial charge in [0.2, 0.25) is 15.9 Å². The van der Waals surface area contributed by atoms with Crippen LogP contribution in [0.5, 0.6) is 5.88 Å². The molecule has 1 saturated heterocycles. The van der Waals surface area contributed by atoms with Crippen LogP contribution in [0.15, 0.2) is 65.8 Å². The molecule has 0 amide bonds. The van der Waals surface area contributed by atoms with Gasteiger partial charge in [0.05, 0.1) is 12.3 Å². The first kappa shape index (κ1) is 19.4. The summed E-state index contributed by atoms with van der Waals surface area (Å²) in [4.78, 5) is 4.08. The number of ether oxygens (including phenoxy) is 1. The van der Waals surface area contributed by atoms with Gasteiger partial charge in [-0.3, -0.25) is 4.98 Å². The van der Waals surface area contributed by atoms with Gasteiger partial charge in [0.1, 0.15) is 10.7 Å². The van der Waals surface area contributed by atoms with Crippen molar-refractivity contribution >= 4 is 10.0 Å². The molecule has 0 radical (unpaired) electrons. The Morgan fingerprint density at radius 3 is 2.76 bits per heavy atom. The molecule has 0 aliphatic carbocycles. The number of aromatic nitrogens is 3. The number of sulfonamides is 1. The summed E-state index contributed by atoms with van der Waals surface area (Å²) in [6, 6.07) is 12.7. The summed E-state index contributed by atoms with van der Waals surface area (Å²) in [5, 5.41) is 8.10. The fraction of sp³-hybridized carbons (Fsp3) is 0.250. The molecular formula is C20H19FN4O3S. The lowest BCUT2D eigenvalue weighted by atomic mass is 10.1. The van der Waals surface area contributed by atoms with E-state index in [0.717, 1.165) is 0 Å². The maximum Gasteiger partial charge on any atom is 0.244 e. The molecule has 3 aromatic rings. The molecule has 1 aliphatic heterocycles. The zero-order valence-corrected chi connectivity index (χ0v) is 16.3. The Bertz CT molecular complexity index is 1080. The number of pyridine rings is 1. The largest absolute Gasteiger partial charge is 0.476 e. The minimum atomic E-state index is -3.54. The zero-order chi connectivity index (χ0) is 20.3. The fourth-order valence-corrected chi connectivity index (χ4v) is 4.70. The van der Waals surface area contributed by atoms with Crippen molar-refractivity contribution in [3.8, 4) is 17.1 Å². The van der Waals surface area contributed by atoms with Crippen molar-refractivity contribution in [1.29, 1.82) is 0 Å². The first-order chi connectivity index (χ1) is 14.0. The first-order valence-corrected chi connectivity index (χ1v) is 10.6. The Hall–Kier alpha value is -2.91. The van der Waals surface area contributed by atoms with Crippen molar-refractivity contribution in [2.24, 2.45) is 5.92 Å². The Labute approximate surface area is 168 Å². The molecule has 1 aliphatic rings. The molecule has 0 N–H and O–H groups in total. The number of rotatable bonds is 6. The van der Waals surface area contributed by atoms with E-state index < -0.39 is 10.0 Å². The van der Waals surface area contributed by atoms with Crippen molar-refractivity contribution in [3.63, 3.8) is 0 Å². The average Bonchev–Trinajstić information content (AvgIpc) is 3.23. The van der Waals surface area contributed by atoms with Crippen LogP contribution in [-0.2, 0) is 10.0 Å². The standard InChI is InChI=1S/C20H19FN4O3S/c21-17-4-1-3-16(11-17)19-6-7-20(24-23-19)28-14-15-8-10-25(13-15)29(26,27)18-5-2-9-22-12-18/h1-7,9,11-12,15H,8,10,13-14H2. The molecular weight excluding hydrogens is 395 g/mol. The molecule has 4 rings (SSSR count). The molecule has 7 nitrogen and oxygen atoms in total. The molecule has 0 bridgehead atoms. The molecule has 1 atom stereocenters. The third kappa shape index (κ3) is 4.41. The van der Waals surface area contributed by atoms with Crippen LogP contribution in [0.4, 0.5) is 4.39 Å². The van der Waals surface area contributed by atoms with Gasteiger partial charge >= 0.3 is 0 Å². The fourth-order valence-electron chi connectivity index (χ4n) is 3.20. The van der Waals surface area contributed by atoms with Crippen LogP contribution in [-0.4, -0.2) is 47.6 Å². The Kier molecular flexibility index (Phi) is 5.50. The number of hydrogen-bond donors (Lipinski definition) is 0. The van der Waals surface area contributed by atoms with Gasteiger partial charge in [-0.2, -0.15) is 4.31 Å². The van der Waals surface area contributed by atoms with Crippen LogP contribution in [0, 0.1) is 11.7 Å². The lowest BCUT2D eigenvalue weighted by molar-refractivity contribution is 0.244. The van der Waals surface area contributed by atoms with E-state index in [-0.39, 0.29) is 16.6 Å². The topological polar surface area (TPSA) is 85.3 Å². The van der Waals surface area contributed by atoms with Crippen LogP contribution < -0.4 is 4.74 Å². The van der Waals surface area contributed by atoms with Crippen LogP contribution >= 0.6 is 0 Å². The molecule has 1 fully saturated rings. The van der Waals surface area contributed by atoms with E-state index in [2.05, 4.69) is 15.2 Å². The lowest BCUT2D eigenvalue weighted by Gasteiger charge is -2.16. The van der Waals surface area contributed by atoms with E-state index in [1.54, 1.807) is 42.6 Å². The van der Waals surface area contributed by atoms with Gasteiger partial charge in [-0.15, -0.1) is 10.2 Å². The van der Waals surface area contributed by atoms with Crippen LogP contribution in [0.25, 0.3) is 11.3 Å². The third-order valence-electron chi connectivity index (χ3n) is 4.75. The van der Waals surface area contributed by atoms with Crippen molar-refractivity contribution < 1.29 is 17.5 Å². The Morgan fingerprint density at radius 1 is 1.14 bits per heavy atom. The summed E-state index contributed by atoms with van der Waals surface area (Å²) >= 11 is 0. The highest BCUT2D eigenvalue weighted by atomic mass is 32.2. The summed E-state index contributed by atoms with van der Waals surface area (Å²) in [6.45, 7) is 1.16. The highest BCUT2D eigenvalue weighted by Crippen LogP contribution is 2.25. The average molecular weight is 414 g/mol. The summed E-state index contributed by atoms with van der Waals surface area (Å²) < 4.78 is 45.8. The van der Waals surface area contributed by atoms with Gasteiger partial charge in [-0.25, -0.2) is 12.8 Å². The second-order valence-corrected chi connectivity index (χ2v) is 8.72. The predicted octanol–water partition coefficient (Wildman–Crippen LogP) is 2.77. The van der Waals surface area contributed by atoms with Gasteiger partial charge in [-0.1, -0.05) is 12.1 Å². The quantitative estimate of drug-likeness (QED) is 0.617. The maximum absolute atomic E-state index is 13.3. The predicted molar refractivity (Wildman–Crippen MR) is 104 cm³/mol. The van der Waals surface area contributed by atoms with Crippen LogP contribution in [0.3, 0.4) is 0 Å². The summed E-state index contributed by atoms with van der Waals surface area (Å²) in [5.74, 6) is 0.0708. The molecule has 29 heavy (non-hydrogen) atoms. The molecule has 2 aromatic heterocycles. The third-order valence-corrected chi connectivity index (χ3v) is 6.60. The number of benzene rings is 1. The Balaban J connectivity index is 1.34. The van der Waals surface area contributed by atoms with Crippen molar-refractivity contribution in [1.82, 2.24) is 19.5 Å². The van der Waals surface area contributed by atoms with Gasteiger partial charge < -0.3 is 4.74 Å². The molecule has 1 aromatic carbocycles. The Morgan fingerprint density at radius 2 is 2.03 bits per heavy atom. The summed E-state index contributed by atoms with van der Waals surface area (Å²) in [5.41, 5.74) is 1.18. The first-order valence-electron chi connectivity index (χ1n) is 9.15. The number of nitrogens with zero attached hydrogens (tertiary/aromatic N) is 4. The lowest BCUT2D eigenvalue weighted by Crippen LogP contribution is -2.29.